The highest BCUT2D eigenvalue weighted by molar-refractivity contribution is 9.10. The Labute approximate surface area is 193 Å². The number of nitrogens with one attached hydrogen (secondary N) is 1. The summed E-state index contributed by atoms with van der Waals surface area (Å²) in [5.74, 6) is 0.716. The van der Waals surface area contributed by atoms with Gasteiger partial charge < -0.3 is 5.32 Å². The van der Waals surface area contributed by atoms with Crippen LogP contribution >= 0.6 is 27.5 Å². The number of hydrogen-bond acceptors (Lipinski definition) is 3. The summed E-state index contributed by atoms with van der Waals surface area (Å²) in [4.78, 5) is 19.1. The fourth-order valence-electron chi connectivity index (χ4n) is 4.16. The van der Waals surface area contributed by atoms with Gasteiger partial charge in [0.1, 0.15) is 0 Å². The quantitative estimate of drug-likeness (QED) is 0.436. The van der Waals surface area contributed by atoms with Crippen LogP contribution in [0.5, 0.6) is 0 Å². The largest absolute Gasteiger partial charge is 0.326 e. The molecule has 1 fully saturated rings. The minimum Gasteiger partial charge on any atom is -0.326 e. The maximum absolute atomic E-state index is 12.3. The molecule has 1 aliphatic carbocycles. The second-order valence-corrected chi connectivity index (χ2v) is 9.56. The van der Waals surface area contributed by atoms with Gasteiger partial charge >= 0.3 is 0 Å². The number of benzene rings is 1. The van der Waals surface area contributed by atoms with E-state index in [1.54, 1.807) is 6.20 Å². The van der Waals surface area contributed by atoms with E-state index < -0.39 is 0 Å². The zero-order valence-corrected chi connectivity index (χ0v) is 20.0. The summed E-state index contributed by atoms with van der Waals surface area (Å²) < 4.78 is 0.898. The molecular weight excluding hydrogens is 462 g/mol. The minimum atomic E-state index is -0.0986. The molecule has 4 nitrogen and oxygen atoms in total. The van der Waals surface area contributed by atoms with Crippen molar-refractivity contribution in [3.63, 3.8) is 0 Å². The van der Waals surface area contributed by atoms with E-state index in [9.17, 15) is 4.79 Å². The molecule has 1 aliphatic rings. The lowest BCUT2D eigenvalue weighted by Gasteiger charge is -2.30. The Hall–Kier alpha value is -1.43. The van der Waals surface area contributed by atoms with Crippen LogP contribution in [-0.2, 0) is 17.8 Å². The van der Waals surface area contributed by atoms with Gasteiger partial charge in [0.25, 0.3) is 0 Å². The number of carbonyl (C=O) groups excluding carboxylic acids is 1. The molecule has 1 aromatic carbocycles. The molecule has 6 heteroatoms. The summed E-state index contributed by atoms with van der Waals surface area (Å²) >= 11 is 9.94. The first-order valence-electron chi connectivity index (χ1n) is 10.9. The van der Waals surface area contributed by atoms with Crippen LogP contribution in [0.4, 0.5) is 5.69 Å². The molecule has 0 atom stereocenters. The summed E-state index contributed by atoms with van der Waals surface area (Å²) in [6.07, 6.45) is 9.91. The normalized spacial score (nSPS) is 14.8. The van der Waals surface area contributed by atoms with E-state index in [2.05, 4.69) is 38.1 Å². The number of nitrogens with zero attached hydrogens (tertiary/aromatic N) is 2. The van der Waals surface area contributed by atoms with Crippen molar-refractivity contribution >= 4 is 39.1 Å². The van der Waals surface area contributed by atoms with Crippen LogP contribution in [0.3, 0.4) is 0 Å². The van der Waals surface area contributed by atoms with Gasteiger partial charge in [-0.05, 0) is 77.5 Å². The third kappa shape index (κ3) is 7.36. The zero-order chi connectivity index (χ0) is 21.3. The second-order valence-electron chi connectivity index (χ2n) is 8.24. The van der Waals surface area contributed by atoms with Gasteiger partial charge in [0.2, 0.25) is 5.91 Å². The molecule has 0 spiro atoms. The van der Waals surface area contributed by atoms with E-state index in [1.807, 2.05) is 30.3 Å². The van der Waals surface area contributed by atoms with Crippen molar-refractivity contribution in [1.29, 1.82) is 0 Å². The van der Waals surface area contributed by atoms with Gasteiger partial charge in [-0.15, -0.1) is 0 Å². The van der Waals surface area contributed by atoms with Crippen molar-refractivity contribution in [3.8, 4) is 0 Å². The first kappa shape index (κ1) is 23.2. The molecule has 0 saturated heterocycles. The van der Waals surface area contributed by atoms with Crippen molar-refractivity contribution in [1.82, 2.24) is 9.88 Å². The molecule has 0 unspecified atom stereocenters. The summed E-state index contributed by atoms with van der Waals surface area (Å²) in [6.45, 7) is 5.34. The Morgan fingerprint density at radius 3 is 2.70 bits per heavy atom. The molecule has 1 amide bonds. The highest BCUT2D eigenvalue weighted by atomic mass is 79.9. The third-order valence-electron chi connectivity index (χ3n) is 5.64. The summed E-state index contributed by atoms with van der Waals surface area (Å²) in [5, 5.41) is 3.64. The van der Waals surface area contributed by atoms with Crippen LogP contribution in [-0.4, -0.2) is 28.9 Å². The molecule has 1 saturated carbocycles. The molecule has 30 heavy (non-hydrogen) atoms. The number of amides is 1. The van der Waals surface area contributed by atoms with Gasteiger partial charge in [-0.25, -0.2) is 0 Å². The van der Waals surface area contributed by atoms with Gasteiger partial charge in [0, 0.05) is 40.2 Å². The predicted molar refractivity (Wildman–Crippen MR) is 128 cm³/mol. The number of carbonyl (C=O) groups is 1. The maximum atomic E-state index is 12.3. The van der Waals surface area contributed by atoms with Crippen molar-refractivity contribution < 1.29 is 4.79 Å². The fourth-order valence-corrected chi connectivity index (χ4v) is 4.64. The molecule has 162 valence electrons. The van der Waals surface area contributed by atoms with Gasteiger partial charge in [0.15, 0.2) is 0 Å². The number of pyridine rings is 1. The van der Waals surface area contributed by atoms with E-state index in [-0.39, 0.29) is 12.3 Å². The molecular formula is C24H31BrClN3O. The Morgan fingerprint density at radius 1 is 1.23 bits per heavy atom. The Balaban J connectivity index is 1.57. The van der Waals surface area contributed by atoms with Gasteiger partial charge in [-0.1, -0.05) is 43.9 Å². The highest BCUT2D eigenvalue weighted by Gasteiger charge is 2.18. The predicted octanol–water partition coefficient (Wildman–Crippen LogP) is 6.47. The van der Waals surface area contributed by atoms with Crippen molar-refractivity contribution in [2.24, 2.45) is 5.92 Å². The van der Waals surface area contributed by atoms with Crippen molar-refractivity contribution in [2.45, 2.75) is 58.4 Å². The minimum absolute atomic E-state index is 0.0986. The SMILES string of the molecule is CCCN(Cc1ccc(NC(=O)Cc2ccc(Br)cn2)cc1Cl)CC1CCCCC1. The molecule has 0 bridgehead atoms. The monoisotopic (exact) mass is 491 g/mol. The Morgan fingerprint density at radius 2 is 2.03 bits per heavy atom. The highest BCUT2D eigenvalue weighted by Crippen LogP contribution is 2.27. The van der Waals surface area contributed by atoms with Crippen LogP contribution in [0.1, 0.15) is 56.7 Å². The lowest BCUT2D eigenvalue weighted by atomic mass is 9.89. The lowest BCUT2D eigenvalue weighted by Crippen LogP contribution is -2.31. The van der Waals surface area contributed by atoms with Gasteiger partial charge in [-0.2, -0.15) is 0 Å². The standard InChI is InChI=1S/C24H31BrClN3O/c1-2-12-29(16-18-6-4-3-5-7-18)17-19-8-10-22(13-23(19)26)28-24(30)14-21-11-9-20(25)15-27-21/h8-11,13,15,18H,2-7,12,14,16-17H2,1H3,(H,28,30). The van der Waals surface area contributed by atoms with E-state index in [1.165, 1.54) is 32.1 Å². The maximum Gasteiger partial charge on any atom is 0.230 e. The first-order valence-corrected chi connectivity index (χ1v) is 12.1. The Kier molecular flexibility index (Phi) is 9.16. The van der Waals surface area contributed by atoms with Crippen LogP contribution < -0.4 is 5.32 Å². The van der Waals surface area contributed by atoms with E-state index in [4.69, 9.17) is 11.6 Å². The third-order valence-corrected chi connectivity index (χ3v) is 6.46. The number of anilines is 1. The number of rotatable bonds is 9. The molecule has 3 rings (SSSR count). The smallest absolute Gasteiger partial charge is 0.230 e. The molecule has 0 aliphatic heterocycles. The number of aromatic nitrogens is 1. The molecule has 2 aromatic rings. The van der Waals surface area contributed by atoms with E-state index in [0.29, 0.717) is 5.02 Å². The second kappa shape index (κ2) is 11.8. The van der Waals surface area contributed by atoms with Gasteiger partial charge in [-0.3, -0.25) is 14.7 Å². The van der Waals surface area contributed by atoms with E-state index >= 15 is 0 Å². The topological polar surface area (TPSA) is 45.2 Å². The van der Waals surface area contributed by atoms with Crippen molar-refractivity contribution in [3.05, 3.63) is 57.3 Å². The fraction of sp³-hybridized carbons (Fsp3) is 0.500. The van der Waals surface area contributed by atoms with Crippen LogP contribution in [0.15, 0.2) is 41.0 Å². The summed E-state index contributed by atoms with van der Waals surface area (Å²) in [5.41, 5.74) is 2.57. The van der Waals surface area contributed by atoms with Crippen LogP contribution in [0.25, 0.3) is 0 Å². The lowest BCUT2D eigenvalue weighted by molar-refractivity contribution is -0.115. The van der Waals surface area contributed by atoms with E-state index in [0.717, 1.165) is 53.4 Å². The van der Waals surface area contributed by atoms with Crippen LogP contribution in [0.2, 0.25) is 5.02 Å². The van der Waals surface area contributed by atoms with Crippen molar-refractivity contribution in [2.75, 3.05) is 18.4 Å². The van der Waals surface area contributed by atoms with Gasteiger partial charge in [0.05, 0.1) is 6.42 Å². The molecule has 1 heterocycles. The first-order chi connectivity index (χ1) is 14.5. The molecule has 0 radical (unpaired) electrons. The average molecular weight is 493 g/mol. The number of hydrogen-bond donors (Lipinski definition) is 1. The Bertz CT molecular complexity index is 822. The number of halogens is 2. The summed E-state index contributed by atoms with van der Waals surface area (Å²) in [7, 11) is 0. The average Bonchev–Trinajstić information content (AvgIpc) is 2.72. The summed E-state index contributed by atoms with van der Waals surface area (Å²) in [6, 6.07) is 9.57. The zero-order valence-electron chi connectivity index (χ0n) is 17.7. The molecule has 1 N–H and O–H groups in total. The van der Waals surface area contributed by atoms with Crippen LogP contribution in [0, 0.1) is 5.92 Å². The molecule has 1 aromatic heterocycles.